The highest BCUT2D eigenvalue weighted by Crippen LogP contribution is 2.20. The Hall–Kier alpha value is -1.78. The summed E-state index contributed by atoms with van der Waals surface area (Å²) in [6.07, 6.45) is 4.52. The van der Waals surface area contributed by atoms with Crippen LogP contribution in [0.2, 0.25) is 10.0 Å². The zero-order valence-electron chi connectivity index (χ0n) is 12.3. The molecule has 2 aromatic rings. The molecule has 0 amide bonds. The first-order valence-corrected chi connectivity index (χ1v) is 7.72. The zero-order chi connectivity index (χ0) is 15.8. The molecular weight excluding hydrogens is 319 g/mol. The summed E-state index contributed by atoms with van der Waals surface area (Å²) in [5, 5.41) is 7.77. The lowest BCUT2D eigenvalue weighted by atomic mass is 10.2. The average molecular weight is 337 g/mol. The van der Waals surface area contributed by atoms with Crippen molar-refractivity contribution in [2.75, 3.05) is 13.6 Å². The molecule has 0 aliphatic rings. The quantitative estimate of drug-likeness (QED) is 0.650. The smallest absolute Gasteiger partial charge is 0.191 e. The first-order chi connectivity index (χ1) is 10.7. The molecule has 0 saturated carbocycles. The number of nitrogens with zero attached hydrogens (tertiary/aromatic N) is 2. The number of guanidine groups is 1. The maximum absolute atomic E-state index is 6.15. The Morgan fingerprint density at radius 3 is 2.77 bits per heavy atom. The van der Waals surface area contributed by atoms with Gasteiger partial charge in [0.05, 0.1) is 0 Å². The van der Waals surface area contributed by atoms with E-state index in [-0.39, 0.29) is 0 Å². The summed E-state index contributed by atoms with van der Waals surface area (Å²) in [7, 11) is 1.74. The Labute approximate surface area is 140 Å². The van der Waals surface area contributed by atoms with Gasteiger partial charge in [-0.25, -0.2) is 0 Å². The van der Waals surface area contributed by atoms with Gasteiger partial charge in [-0.15, -0.1) is 0 Å². The second-order valence-corrected chi connectivity index (χ2v) is 5.54. The van der Waals surface area contributed by atoms with Crippen molar-refractivity contribution in [3.8, 4) is 0 Å². The van der Waals surface area contributed by atoms with Crippen molar-refractivity contribution in [2.24, 2.45) is 4.99 Å². The van der Waals surface area contributed by atoms with E-state index in [2.05, 4.69) is 26.7 Å². The molecule has 2 rings (SSSR count). The van der Waals surface area contributed by atoms with Crippen LogP contribution in [0.3, 0.4) is 0 Å². The number of nitrogens with one attached hydrogen (secondary N) is 2. The lowest BCUT2D eigenvalue weighted by Crippen LogP contribution is -2.37. The lowest BCUT2D eigenvalue weighted by Gasteiger charge is -2.12. The fraction of sp³-hybridized carbons (Fsp3) is 0.250. The van der Waals surface area contributed by atoms with Crippen molar-refractivity contribution in [3.05, 3.63) is 63.9 Å². The van der Waals surface area contributed by atoms with Crippen molar-refractivity contribution in [1.82, 2.24) is 15.6 Å². The predicted octanol–water partition coefficient (Wildman–Crippen LogP) is 3.30. The van der Waals surface area contributed by atoms with Gasteiger partial charge in [0, 0.05) is 42.6 Å². The summed E-state index contributed by atoms with van der Waals surface area (Å²) < 4.78 is 0. The van der Waals surface area contributed by atoms with Crippen molar-refractivity contribution in [3.63, 3.8) is 0 Å². The average Bonchev–Trinajstić information content (AvgIpc) is 2.53. The van der Waals surface area contributed by atoms with Crippen molar-refractivity contribution < 1.29 is 0 Å². The number of halogens is 2. The first kappa shape index (κ1) is 16.6. The van der Waals surface area contributed by atoms with Crippen LogP contribution >= 0.6 is 23.2 Å². The Morgan fingerprint density at radius 2 is 2.09 bits per heavy atom. The maximum Gasteiger partial charge on any atom is 0.191 e. The molecule has 116 valence electrons. The van der Waals surface area contributed by atoms with E-state index in [9.17, 15) is 0 Å². The number of pyridine rings is 1. The molecule has 0 atom stereocenters. The first-order valence-electron chi connectivity index (χ1n) is 6.96. The number of benzene rings is 1. The Bertz CT molecular complexity index is 629. The van der Waals surface area contributed by atoms with E-state index in [1.165, 1.54) is 5.56 Å². The lowest BCUT2D eigenvalue weighted by molar-refractivity contribution is 0.793. The van der Waals surface area contributed by atoms with Crippen molar-refractivity contribution >= 4 is 29.2 Å². The SMILES string of the molecule is CN=C(NCCc1cccnc1)NCc1ccc(Cl)cc1Cl. The number of rotatable bonds is 5. The van der Waals surface area contributed by atoms with E-state index in [0.29, 0.717) is 16.6 Å². The number of aliphatic imine (C=N–C) groups is 1. The highest BCUT2D eigenvalue weighted by Gasteiger charge is 2.03. The van der Waals surface area contributed by atoms with Crippen LogP contribution in [0.5, 0.6) is 0 Å². The second-order valence-electron chi connectivity index (χ2n) is 4.70. The molecule has 0 spiro atoms. The fourth-order valence-corrected chi connectivity index (χ4v) is 2.41. The van der Waals surface area contributed by atoms with Gasteiger partial charge >= 0.3 is 0 Å². The molecule has 2 N–H and O–H groups in total. The van der Waals surface area contributed by atoms with Gasteiger partial charge in [-0.2, -0.15) is 0 Å². The van der Waals surface area contributed by atoms with Gasteiger partial charge in [0.25, 0.3) is 0 Å². The van der Waals surface area contributed by atoms with Gasteiger partial charge in [-0.05, 0) is 35.7 Å². The van der Waals surface area contributed by atoms with E-state index < -0.39 is 0 Å². The van der Waals surface area contributed by atoms with Gasteiger partial charge < -0.3 is 10.6 Å². The maximum atomic E-state index is 6.15. The third kappa shape index (κ3) is 5.20. The van der Waals surface area contributed by atoms with Crippen LogP contribution in [0.1, 0.15) is 11.1 Å². The van der Waals surface area contributed by atoms with E-state index in [0.717, 1.165) is 24.5 Å². The largest absolute Gasteiger partial charge is 0.356 e. The molecule has 4 nitrogen and oxygen atoms in total. The van der Waals surface area contributed by atoms with Gasteiger partial charge in [0.2, 0.25) is 0 Å². The highest BCUT2D eigenvalue weighted by molar-refractivity contribution is 6.35. The van der Waals surface area contributed by atoms with E-state index in [1.54, 1.807) is 19.3 Å². The van der Waals surface area contributed by atoms with E-state index in [4.69, 9.17) is 23.2 Å². The minimum Gasteiger partial charge on any atom is -0.356 e. The van der Waals surface area contributed by atoms with Crippen LogP contribution in [-0.2, 0) is 13.0 Å². The summed E-state index contributed by atoms with van der Waals surface area (Å²) in [6, 6.07) is 9.45. The molecule has 0 fully saturated rings. The highest BCUT2D eigenvalue weighted by atomic mass is 35.5. The predicted molar refractivity (Wildman–Crippen MR) is 92.6 cm³/mol. The van der Waals surface area contributed by atoms with Crippen LogP contribution in [-0.4, -0.2) is 24.5 Å². The van der Waals surface area contributed by atoms with Crippen LogP contribution in [0, 0.1) is 0 Å². The minimum atomic E-state index is 0.586. The molecule has 1 aromatic carbocycles. The second kappa shape index (κ2) is 8.61. The zero-order valence-corrected chi connectivity index (χ0v) is 13.8. The van der Waals surface area contributed by atoms with Crippen molar-refractivity contribution in [2.45, 2.75) is 13.0 Å². The number of hydrogen-bond donors (Lipinski definition) is 2. The molecule has 0 radical (unpaired) electrons. The van der Waals surface area contributed by atoms with Gasteiger partial charge in [-0.1, -0.05) is 35.3 Å². The van der Waals surface area contributed by atoms with Gasteiger partial charge in [0.1, 0.15) is 0 Å². The summed E-state index contributed by atoms with van der Waals surface area (Å²) >= 11 is 12.0. The molecule has 0 unspecified atom stereocenters. The molecule has 1 heterocycles. The minimum absolute atomic E-state index is 0.586. The molecule has 0 bridgehead atoms. The van der Waals surface area contributed by atoms with Gasteiger partial charge in [0.15, 0.2) is 5.96 Å². The monoisotopic (exact) mass is 336 g/mol. The van der Waals surface area contributed by atoms with Gasteiger partial charge in [-0.3, -0.25) is 9.98 Å². The summed E-state index contributed by atoms with van der Waals surface area (Å²) in [5.74, 6) is 0.731. The Balaban J connectivity index is 1.80. The molecule has 0 aliphatic heterocycles. The number of aromatic nitrogens is 1. The molecule has 0 saturated heterocycles. The van der Waals surface area contributed by atoms with Crippen LogP contribution in [0.15, 0.2) is 47.7 Å². The Kier molecular flexibility index (Phi) is 6.49. The molecule has 22 heavy (non-hydrogen) atoms. The summed E-state index contributed by atoms with van der Waals surface area (Å²) in [6.45, 7) is 1.36. The topological polar surface area (TPSA) is 49.3 Å². The fourth-order valence-electron chi connectivity index (χ4n) is 1.94. The molecule has 0 aliphatic carbocycles. The van der Waals surface area contributed by atoms with Crippen molar-refractivity contribution in [1.29, 1.82) is 0 Å². The van der Waals surface area contributed by atoms with Crippen LogP contribution < -0.4 is 10.6 Å². The summed E-state index contributed by atoms with van der Waals surface area (Å²) in [4.78, 5) is 8.29. The number of hydrogen-bond acceptors (Lipinski definition) is 2. The molecular formula is C16H18Cl2N4. The summed E-state index contributed by atoms with van der Waals surface area (Å²) in [5.41, 5.74) is 2.16. The Morgan fingerprint density at radius 1 is 1.23 bits per heavy atom. The normalized spacial score (nSPS) is 11.3. The molecule has 1 aromatic heterocycles. The van der Waals surface area contributed by atoms with E-state index in [1.807, 2.05) is 24.4 Å². The van der Waals surface area contributed by atoms with E-state index >= 15 is 0 Å². The third-order valence-corrected chi connectivity index (χ3v) is 3.70. The molecule has 6 heteroatoms. The third-order valence-electron chi connectivity index (χ3n) is 3.11. The van der Waals surface area contributed by atoms with Crippen LogP contribution in [0.4, 0.5) is 0 Å². The van der Waals surface area contributed by atoms with Crippen LogP contribution in [0.25, 0.3) is 0 Å². The standard InChI is InChI=1S/C16H18Cl2N4/c1-19-16(21-8-6-12-3-2-7-20-10-12)22-11-13-4-5-14(17)9-15(13)18/h2-5,7,9-10H,6,8,11H2,1H3,(H2,19,21,22).